The molecular formula is C30H35NO7. The van der Waals surface area contributed by atoms with Crippen molar-refractivity contribution in [1.82, 2.24) is 4.90 Å². The van der Waals surface area contributed by atoms with Crippen LogP contribution in [0.4, 0.5) is 0 Å². The van der Waals surface area contributed by atoms with Crippen LogP contribution in [0.2, 0.25) is 0 Å². The minimum atomic E-state index is 0.279. The van der Waals surface area contributed by atoms with Gasteiger partial charge in [0, 0.05) is 19.1 Å². The second kappa shape index (κ2) is 10.9. The third-order valence-electron chi connectivity index (χ3n) is 7.50. The van der Waals surface area contributed by atoms with Crippen molar-refractivity contribution < 1.29 is 33.2 Å². The molecule has 0 spiro atoms. The van der Waals surface area contributed by atoms with Gasteiger partial charge in [0.1, 0.15) is 6.61 Å². The molecule has 3 aromatic carbocycles. The van der Waals surface area contributed by atoms with Crippen LogP contribution in [0.1, 0.15) is 33.9 Å². The summed E-state index contributed by atoms with van der Waals surface area (Å²) in [6.45, 7) is 2.16. The standard InChI is InChI=1S/C30H35NO7/c1-32-24-12-19-7-8-31-16-21-14-27(38-17-18-9-28(35-4)30(37-6)29(10-18)36-5)25(33-2)13-20(21)11-23(31)22(19)15-26(24)34-3/h9-10,12-15,23H,7-8,11,16-17H2,1-6H3. The zero-order valence-electron chi connectivity index (χ0n) is 22.9. The molecule has 2 heterocycles. The molecule has 0 amide bonds. The average molecular weight is 522 g/mol. The summed E-state index contributed by atoms with van der Waals surface area (Å²) in [7, 11) is 9.85. The molecule has 8 heteroatoms. The van der Waals surface area contributed by atoms with Crippen LogP contribution in [0.25, 0.3) is 0 Å². The predicted octanol–water partition coefficient (Wildman–Crippen LogP) is 4.97. The fraction of sp³-hybridized carbons (Fsp3) is 0.400. The fourth-order valence-corrected chi connectivity index (χ4v) is 5.57. The van der Waals surface area contributed by atoms with E-state index < -0.39 is 0 Å². The number of rotatable bonds is 9. The van der Waals surface area contributed by atoms with E-state index in [-0.39, 0.29) is 6.04 Å². The van der Waals surface area contributed by atoms with Gasteiger partial charge in [-0.2, -0.15) is 0 Å². The Morgan fingerprint density at radius 1 is 0.632 bits per heavy atom. The lowest BCUT2D eigenvalue weighted by Gasteiger charge is -2.42. The van der Waals surface area contributed by atoms with Gasteiger partial charge in [0.05, 0.1) is 42.7 Å². The van der Waals surface area contributed by atoms with Gasteiger partial charge in [-0.15, -0.1) is 0 Å². The summed E-state index contributed by atoms with van der Waals surface area (Å²) in [6, 6.07) is 12.6. The molecule has 0 aliphatic carbocycles. The first kappa shape index (κ1) is 25.9. The highest BCUT2D eigenvalue weighted by molar-refractivity contribution is 5.55. The molecule has 0 saturated carbocycles. The molecule has 0 aromatic heterocycles. The minimum Gasteiger partial charge on any atom is -0.493 e. The lowest BCUT2D eigenvalue weighted by molar-refractivity contribution is 0.159. The van der Waals surface area contributed by atoms with Crippen LogP contribution >= 0.6 is 0 Å². The fourth-order valence-electron chi connectivity index (χ4n) is 5.57. The molecule has 5 rings (SSSR count). The molecule has 3 aromatic rings. The first-order valence-electron chi connectivity index (χ1n) is 12.6. The van der Waals surface area contributed by atoms with E-state index in [9.17, 15) is 0 Å². The normalized spacial score (nSPS) is 16.0. The summed E-state index contributed by atoms with van der Waals surface area (Å²) in [5.41, 5.74) is 6.05. The van der Waals surface area contributed by atoms with Gasteiger partial charge in [0.15, 0.2) is 34.5 Å². The molecule has 0 saturated heterocycles. The van der Waals surface area contributed by atoms with Crippen LogP contribution in [0.5, 0.6) is 40.2 Å². The average Bonchev–Trinajstić information content (AvgIpc) is 2.96. The van der Waals surface area contributed by atoms with Crippen molar-refractivity contribution in [3.63, 3.8) is 0 Å². The number of hydrogen-bond acceptors (Lipinski definition) is 8. The second-order valence-corrected chi connectivity index (χ2v) is 9.44. The van der Waals surface area contributed by atoms with E-state index in [0.717, 1.165) is 43.0 Å². The van der Waals surface area contributed by atoms with Gasteiger partial charge in [-0.3, -0.25) is 4.90 Å². The zero-order valence-corrected chi connectivity index (χ0v) is 22.9. The van der Waals surface area contributed by atoms with Crippen molar-refractivity contribution in [3.05, 3.63) is 64.2 Å². The Kier molecular flexibility index (Phi) is 7.42. The zero-order chi connectivity index (χ0) is 26.8. The van der Waals surface area contributed by atoms with Crippen molar-refractivity contribution in [2.45, 2.75) is 32.0 Å². The van der Waals surface area contributed by atoms with Gasteiger partial charge in [0.2, 0.25) is 5.75 Å². The molecule has 2 aliphatic heterocycles. The Labute approximate surface area is 223 Å². The van der Waals surface area contributed by atoms with Crippen molar-refractivity contribution in [3.8, 4) is 40.2 Å². The number of hydrogen-bond donors (Lipinski definition) is 0. The first-order valence-corrected chi connectivity index (χ1v) is 12.6. The number of benzene rings is 3. The van der Waals surface area contributed by atoms with Crippen LogP contribution in [0, 0.1) is 0 Å². The van der Waals surface area contributed by atoms with Crippen LogP contribution in [0.15, 0.2) is 36.4 Å². The highest BCUT2D eigenvalue weighted by Crippen LogP contribution is 2.45. The van der Waals surface area contributed by atoms with E-state index in [1.165, 1.54) is 22.3 Å². The molecule has 0 radical (unpaired) electrons. The Bertz CT molecular complexity index is 1300. The highest BCUT2D eigenvalue weighted by atomic mass is 16.5. The van der Waals surface area contributed by atoms with E-state index in [1.807, 2.05) is 12.1 Å². The van der Waals surface area contributed by atoms with Gasteiger partial charge in [-0.25, -0.2) is 0 Å². The highest BCUT2D eigenvalue weighted by Gasteiger charge is 2.34. The number of methoxy groups -OCH3 is 6. The molecule has 1 unspecified atom stereocenters. The van der Waals surface area contributed by atoms with E-state index in [2.05, 4.69) is 29.2 Å². The molecular weight excluding hydrogens is 486 g/mol. The number of ether oxygens (including phenoxy) is 7. The van der Waals surface area contributed by atoms with Crippen LogP contribution < -0.4 is 33.2 Å². The summed E-state index contributed by atoms with van der Waals surface area (Å²) in [4.78, 5) is 2.53. The van der Waals surface area contributed by atoms with Crippen molar-refractivity contribution in [2.75, 3.05) is 49.2 Å². The molecule has 0 fully saturated rings. The molecule has 0 bridgehead atoms. The Morgan fingerprint density at radius 2 is 1.21 bits per heavy atom. The molecule has 8 nitrogen and oxygen atoms in total. The smallest absolute Gasteiger partial charge is 0.203 e. The first-order chi connectivity index (χ1) is 18.5. The van der Waals surface area contributed by atoms with Crippen LogP contribution in [-0.2, 0) is 26.0 Å². The summed E-state index contributed by atoms with van der Waals surface area (Å²) in [6.07, 6.45) is 1.86. The molecule has 1 atom stereocenters. The maximum atomic E-state index is 6.27. The van der Waals surface area contributed by atoms with E-state index in [1.54, 1.807) is 42.7 Å². The van der Waals surface area contributed by atoms with Gasteiger partial charge < -0.3 is 33.2 Å². The van der Waals surface area contributed by atoms with Gasteiger partial charge in [-0.1, -0.05) is 0 Å². The van der Waals surface area contributed by atoms with Gasteiger partial charge >= 0.3 is 0 Å². The van der Waals surface area contributed by atoms with E-state index >= 15 is 0 Å². The third-order valence-corrected chi connectivity index (χ3v) is 7.50. The number of nitrogens with zero attached hydrogens (tertiary/aromatic N) is 1. The molecule has 2 aliphatic rings. The minimum absolute atomic E-state index is 0.279. The summed E-state index contributed by atoms with van der Waals surface area (Å²) in [5.74, 6) is 4.72. The van der Waals surface area contributed by atoms with E-state index in [0.29, 0.717) is 35.4 Å². The Balaban J connectivity index is 1.41. The van der Waals surface area contributed by atoms with Crippen molar-refractivity contribution >= 4 is 0 Å². The molecule has 38 heavy (non-hydrogen) atoms. The second-order valence-electron chi connectivity index (χ2n) is 9.44. The molecule has 202 valence electrons. The lowest BCUT2D eigenvalue weighted by atomic mass is 9.83. The number of fused-ring (bicyclic) bond motifs is 4. The Morgan fingerprint density at radius 3 is 1.84 bits per heavy atom. The summed E-state index contributed by atoms with van der Waals surface area (Å²) < 4.78 is 39.6. The van der Waals surface area contributed by atoms with Gasteiger partial charge in [-0.05, 0) is 77.1 Å². The van der Waals surface area contributed by atoms with Crippen LogP contribution in [-0.4, -0.2) is 54.1 Å². The largest absolute Gasteiger partial charge is 0.493 e. The SMILES string of the molecule is COc1cc2c(cc1OC)C1Cc3cc(OC)c(OCc4cc(OC)c(OC)c(OC)c4)cc3CN1CC2. The topological polar surface area (TPSA) is 67.9 Å². The maximum Gasteiger partial charge on any atom is 0.203 e. The van der Waals surface area contributed by atoms with Crippen molar-refractivity contribution in [2.24, 2.45) is 0 Å². The summed E-state index contributed by atoms with van der Waals surface area (Å²) in [5, 5.41) is 0. The predicted molar refractivity (Wildman–Crippen MR) is 144 cm³/mol. The Hall–Kier alpha value is -3.78. The van der Waals surface area contributed by atoms with E-state index in [4.69, 9.17) is 33.2 Å². The van der Waals surface area contributed by atoms with Gasteiger partial charge in [0.25, 0.3) is 0 Å². The maximum absolute atomic E-state index is 6.27. The third kappa shape index (κ3) is 4.65. The summed E-state index contributed by atoms with van der Waals surface area (Å²) >= 11 is 0. The van der Waals surface area contributed by atoms with Crippen LogP contribution in [0.3, 0.4) is 0 Å². The monoisotopic (exact) mass is 521 g/mol. The quantitative estimate of drug-likeness (QED) is 0.391. The lowest BCUT2D eigenvalue weighted by Crippen LogP contribution is -2.39. The van der Waals surface area contributed by atoms with Crippen molar-refractivity contribution in [1.29, 1.82) is 0 Å². The molecule has 0 N–H and O–H groups in total.